The molecule has 2 aliphatic rings. The number of morpholine rings is 1. The van der Waals surface area contributed by atoms with Crippen LogP contribution in [0.5, 0.6) is 5.75 Å². The molecule has 0 radical (unpaired) electrons. The fraction of sp³-hybridized carbons (Fsp3) is 0.333. The molecule has 2 aliphatic heterocycles. The summed E-state index contributed by atoms with van der Waals surface area (Å²) in [7, 11) is 1.62. The molecular formula is C24H26N2O4. The average molecular weight is 406 g/mol. The lowest BCUT2D eigenvalue weighted by atomic mass is 9.99. The maximum atomic E-state index is 13.2. The van der Waals surface area contributed by atoms with Gasteiger partial charge in [0.2, 0.25) is 11.8 Å². The van der Waals surface area contributed by atoms with Crippen molar-refractivity contribution in [1.29, 1.82) is 0 Å². The minimum atomic E-state index is -0.597. The van der Waals surface area contributed by atoms with Crippen molar-refractivity contribution in [1.82, 2.24) is 9.80 Å². The first-order valence-corrected chi connectivity index (χ1v) is 10.2. The molecule has 2 amide bonds. The first-order chi connectivity index (χ1) is 14.7. The zero-order valence-corrected chi connectivity index (χ0v) is 17.1. The summed E-state index contributed by atoms with van der Waals surface area (Å²) in [5.74, 6) is 0.543. The molecule has 2 aromatic carbocycles. The van der Waals surface area contributed by atoms with Gasteiger partial charge in [0.05, 0.1) is 13.7 Å². The highest BCUT2D eigenvalue weighted by Crippen LogP contribution is 2.24. The van der Waals surface area contributed by atoms with E-state index in [-0.39, 0.29) is 25.0 Å². The highest BCUT2D eigenvalue weighted by Gasteiger charge is 2.36. The molecule has 1 saturated heterocycles. The molecular weight excluding hydrogens is 380 g/mol. The van der Waals surface area contributed by atoms with Gasteiger partial charge in [-0.1, -0.05) is 48.5 Å². The summed E-state index contributed by atoms with van der Waals surface area (Å²) in [6, 6.07) is 17.2. The number of nitrogens with zero attached hydrogens (tertiary/aromatic N) is 2. The van der Waals surface area contributed by atoms with Gasteiger partial charge < -0.3 is 19.3 Å². The summed E-state index contributed by atoms with van der Waals surface area (Å²) in [5.41, 5.74) is 3.40. The zero-order chi connectivity index (χ0) is 20.9. The molecule has 0 unspecified atom stereocenters. The Kier molecular flexibility index (Phi) is 6.14. The molecule has 0 saturated carbocycles. The number of carbonyl (C=O) groups excluding carboxylic acids is 2. The Morgan fingerprint density at radius 2 is 1.90 bits per heavy atom. The first-order valence-electron chi connectivity index (χ1n) is 10.2. The van der Waals surface area contributed by atoms with Crippen LogP contribution in [-0.4, -0.2) is 61.1 Å². The van der Waals surface area contributed by atoms with E-state index in [2.05, 4.69) is 18.2 Å². The van der Waals surface area contributed by atoms with Crippen molar-refractivity contribution in [3.05, 3.63) is 71.8 Å². The Morgan fingerprint density at radius 1 is 1.13 bits per heavy atom. The SMILES string of the molecule is COc1ccc(CN2C(=O)COC[C@H]2C(=O)N2CC=C(c3ccccc3)CC2)cc1. The number of carbonyl (C=O) groups is 2. The Bertz CT molecular complexity index is 924. The fourth-order valence-electron chi connectivity index (χ4n) is 3.93. The number of rotatable bonds is 5. The molecule has 0 bridgehead atoms. The van der Waals surface area contributed by atoms with Crippen molar-refractivity contribution < 1.29 is 19.1 Å². The van der Waals surface area contributed by atoms with Gasteiger partial charge in [0.25, 0.3) is 0 Å². The summed E-state index contributed by atoms with van der Waals surface area (Å²) in [4.78, 5) is 29.3. The van der Waals surface area contributed by atoms with Crippen molar-refractivity contribution in [2.75, 3.05) is 33.4 Å². The molecule has 0 aliphatic carbocycles. The third-order valence-corrected chi connectivity index (χ3v) is 5.66. The van der Waals surface area contributed by atoms with E-state index in [1.54, 1.807) is 12.0 Å². The molecule has 2 heterocycles. The van der Waals surface area contributed by atoms with Crippen LogP contribution in [0.25, 0.3) is 5.57 Å². The van der Waals surface area contributed by atoms with E-state index in [9.17, 15) is 9.59 Å². The van der Waals surface area contributed by atoms with Gasteiger partial charge in [-0.3, -0.25) is 9.59 Å². The number of amides is 2. The number of benzene rings is 2. The molecule has 0 N–H and O–H groups in total. The Labute approximate surface area is 176 Å². The maximum absolute atomic E-state index is 13.2. The van der Waals surface area contributed by atoms with Gasteiger partial charge >= 0.3 is 0 Å². The molecule has 4 rings (SSSR count). The van der Waals surface area contributed by atoms with E-state index in [0.29, 0.717) is 19.6 Å². The topological polar surface area (TPSA) is 59.1 Å². The highest BCUT2D eigenvalue weighted by molar-refractivity contribution is 5.89. The molecule has 1 atom stereocenters. The second-order valence-electron chi connectivity index (χ2n) is 7.53. The predicted octanol–water partition coefficient (Wildman–Crippen LogP) is 2.74. The van der Waals surface area contributed by atoms with Crippen LogP contribution in [0.2, 0.25) is 0 Å². The van der Waals surface area contributed by atoms with E-state index in [4.69, 9.17) is 9.47 Å². The monoisotopic (exact) mass is 406 g/mol. The predicted molar refractivity (Wildman–Crippen MR) is 114 cm³/mol. The number of ether oxygens (including phenoxy) is 2. The highest BCUT2D eigenvalue weighted by atomic mass is 16.5. The van der Waals surface area contributed by atoms with Crippen molar-refractivity contribution in [2.24, 2.45) is 0 Å². The molecule has 30 heavy (non-hydrogen) atoms. The van der Waals surface area contributed by atoms with Gasteiger partial charge in [0.1, 0.15) is 18.4 Å². The van der Waals surface area contributed by atoms with Crippen molar-refractivity contribution in [2.45, 2.75) is 19.0 Å². The quantitative estimate of drug-likeness (QED) is 0.766. The number of hydrogen-bond acceptors (Lipinski definition) is 4. The van der Waals surface area contributed by atoms with Crippen molar-refractivity contribution >= 4 is 17.4 Å². The average Bonchev–Trinajstić information content (AvgIpc) is 2.81. The smallest absolute Gasteiger partial charge is 0.249 e. The van der Waals surface area contributed by atoms with E-state index in [1.165, 1.54) is 11.1 Å². The third-order valence-electron chi connectivity index (χ3n) is 5.66. The van der Waals surface area contributed by atoms with Crippen molar-refractivity contribution in [3.63, 3.8) is 0 Å². The summed E-state index contributed by atoms with van der Waals surface area (Å²) < 4.78 is 10.6. The van der Waals surface area contributed by atoms with Gasteiger partial charge in [0.15, 0.2) is 0 Å². The van der Waals surface area contributed by atoms with Crippen molar-refractivity contribution in [3.8, 4) is 5.75 Å². The second-order valence-corrected chi connectivity index (χ2v) is 7.53. The Balaban J connectivity index is 1.46. The van der Waals surface area contributed by atoms with Crippen LogP contribution in [-0.2, 0) is 20.9 Å². The molecule has 156 valence electrons. The lowest BCUT2D eigenvalue weighted by Crippen LogP contribution is -2.57. The van der Waals surface area contributed by atoms with Gasteiger partial charge in [-0.15, -0.1) is 0 Å². The van der Waals surface area contributed by atoms with E-state index >= 15 is 0 Å². The molecule has 1 fully saturated rings. The standard InChI is InChI=1S/C24H26N2O4/c1-29-21-9-7-18(8-10-21)15-26-22(16-30-17-23(26)27)24(28)25-13-11-20(12-14-25)19-5-3-2-4-6-19/h2-11,22H,12-17H2,1H3/t22-/m0/s1. The minimum Gasteiger partial charge on any atom is -0.497 e. The summed E-state index contributed by atoms with van der Waals surface area (Å²) >= 11 is 0. The molecule has 6 nitrogen and oxygen atoms in total. The third kappa shape index (κ3) is 4.39. The Hall–Kier alpha value is -3.12. The van der Waals surface area contributed by atoms with Gasteiger partial charge in [-0.2, -0.15) is 0 Å². The largest absolute Gasteiger partial charge is 0.497 e. The van der Waals surface area contributed by atoms with Gasteiger partial charge in [-0.25, -0.2) is 0 Å². The first kappa shape index (κ1) is 20.2. The maximum Gasteiger partial charge on any atom is 0.249 e. The number of methoxy groups -OCH3 is 1. The van der Waals surface area contributed by atoms with Crippen LogP contribution in [0.3, 0.4) is 0 Å². The lowest BCUT2D eigenvalue weighted by Gasteiger charge is -2.38. The van der Waals surface area contributed by atoms with Crippen LogP contribution >= 0.6 is 0 Å². The van der Waals surface area contributed by atoms with Crippen LogP contribution in [0.1, 0.15) is 17.5 Å². The summed E-state index contributed by atoms with van der Waals surface area (Å²) in [6.45, 7) is 1.80. The zero-order valence-electron chi connectivity index (χ0n) is 17.1. The fourth-order valence-corrected chi connectivity index (χ4v) is 3.93. The van der Waals surface area contributed by atoms with Crippen LogP contribution < -0.4 is 4.74 Å². The summed E-state index contributed by atoms with van der Waals surface area (Å²) in [6.07, 6.45) is 2.91. The second kappa shape index (κ2) is 9.13. The Morgan fingerprint density at radius 3 is 2.57 bits per heavy atom. The molecule has 0 spiro atoms. The molecule has 2 aromatic rings. The van der Waals surface area contributed by atoms with Gasteiger partial charge in [0, 0.05) is 19.6 Å². The van der Waals surface area contributed by atoms with Crippen LogP contribution in [0, 0.1) is 0 Å². The minimum absolute atomic E-state index is 0.0119. The van der Waals surface area contributed by atoms with E-state index in [1.807, 2.05) is 47.4 Å². The number of hydrogen-bond donors (Lipinski definition) is 0. The molecule has 6 heteroatoms. The van der Waals surface area contributed by atoms with Crippen LogP contribution in [0.15, 0.2) is 60.7 Å². The molecule has 0 aromatic heterocycles. The normalized spacial score (nSPS) is 19.4. The van der Waals surface area contributed by atoms with Gasteiger partial charge in [-0.05, 0) is 35.3 Å². The summed E-state index contributed by atoms with van der Waals surface area (Å²) in [5, 5.41) is 0. The van der Waals surface area contributed by atoms with E-state index in [0.717, 1.165) is 17.7 Å². The van der Waals surface area contributed by atoms with E-state index < -0.39 is 6.04 Å². The van der Waals surface area contributed by atoms with Crippen LogP contribution in [0.4, 0.5) is 0 Å². The lowest BCUT2D eigenvalue weighted by molar-refractivity contribution is -0.159.